The summed E-state index contributed by atoms with van der Waals surface area (Å²) < 4.78 is 0. The van der Waals surface area contributed by atoms with Crippen LogP contribution in [0.4, 0.5) is 0 Å². The van der Waals surface area contributed by atoms with Gasteiger partial charge in [-0.2, -0.15) is 11.8 Å². The van der Waals surface area contributed by atoms with Crippen LogP contribution < -0.4 is 0 Å². The maximum absolute atomic E-state index is 11.2. The monoisotopic (exact) mass is 232 g/mol. The van der Waals surface area contributed by atoms with Crippen LogP contribution in [0.1, 0.15) is 6.92 Å². The third kappa shape index (κ3) is 4.40. The molecule has 1 aliphatic heterocycles. The zero-order valence-electron chi connectivity index (χ0n) is 9.31. The normalized spacial score (nSPS) is 18.1. The van der Waals surface area contributed by atoms with Crippen molar-refractivity contribution in [3.8, 4) is 0 Å². The lowest BCUT2D eigenvalue weighted by Crippen LogP contribution is -2.49. The van der Waals surface area contributed by atoms with E-state index in [2.05, 4.69) is 11.8 Å². The molecule has 0 aliphatic carbocycles. The first-order valence-electron chi connectivity index (χ1n) is 5.46. The highest BCUT2D eigenvalue weighted by atomic mass is 32.2. The minimum atomic E-state index is -0.355. The van der Waals surface area contributed by atoms with Gasteiger partial charge in [0.1, 0.15) is 6.61 Å². The van der Waals surface area contributed by atoms with Crippen molar-refractivity contribution in [2.24, 2.45) is 0 Å². The summed E-state index contributed by atoms with van der Waals surface area (Å²) in [6, 6.07) is 0. The van der Waals surface area contributed by atoms with Crippen LogP contribution in [0.25, 0.3) is 0 Å². The van der Waals surface area contributed by atoms with Gasteiger partial charge in [0, 0.05) is 38.5 Å². The quantitative estimate of drug-likeness (QED) is 0.671. The summed E-state index contributed by atoms with van der Waals surface area (Å²) in [4.78, 5) is 15.3. The van der Waals surface area contributed by atoms with Crippen molar-refractivity contribution in [3.05, 3.63) is 0 Å². The summed E-state index contributed by atoms with van der Waals surface area (Å²) in [6.07, 6.45) is 0. The minimum absolute atomic E-state index is 0.141. The van der Waals surface area contributed by atoms with Crippen LogP contribution in [-0.2, 0) is 4.79 Å². The topological polar surface area (TPSA) is 43.8 Å². The first kappa shape index (κ1) is 12.8. The van der Waals surface area contributed by atoms with E-state index in [0.717, 1.165) is 32.7 Å². The molecule has 0 spiro atoms. The molecule has 0 aromatic carbocycles. The molecule has 1 rings (SSSR count). The Hall–Kier alpha value is -0.260. The molecular weight excluding hydrogens is 212 g/mol. The van der Waals surface area contributed by atoms with Gasteiger partial charge in [-0.15, -0.1) is 0 Å². The fraction of sp³-hybridized carbons (Fsp3) is 0.900. The van der Waals surface area contributed by atoms with E-state index >= 15 is 0 Å². The minimum Gasteiger partial charge on any atom is -0.387 e. The highest BCUT2D eigenvalue weighted by Gasteiger charge is 2.19. The van der Waals surface area contributed by atoms with Crippen LogP contribution in [-0.4, -0.2) is 71.6 Å². The van der Waals surface area contributed by atoms with Gasteiger partial charge in [0.2, 0.25) is 5.91 Å². The highest BCUT2D eigenvalue weighted by molar-refractivity contribution is 7.99. The van der Waals surface area contributed by atoms with E-state index in [9.17, 15) is 4.79 Å². The molecule has 1 aliphatic rings. The van der Waals surface area contributed by atoms with Gasteiger partial charge in [-0.25, -0.2) is 0 Å². The summed E-state index contributed by atoms with van der Waals surface area (Å²) in [7, 11) is 0. The average molecular weight is 232 g/mol. The fourth-order valence-electron chi connectivity index (χ4n) is 1.66. The number of nitrogens with zero attached hydrogens (tertiary/aromatic N) is 2. The van der Waals surface area contributed by atoms with Crippen molar-refractivity contribution in [2.45, 2.75) is 6.92 Å². The molecule has 5 heteroatoms. The summed E-state index contributed by atoms with van der Waals surface area (Å²) in [5, 5.41) is 8.72. The Bertz CT molecular complexity index is 194. The average Bonchev–Trinajstić information content (AvgIpc) is 2.29. The molecule has 0 atom stereocenters. The van der Waals surface area contributed by atoms with E-state index < -0.39 is 0 Å². The van der Waals surface area contributed by atoms with Gasteiger partial charge in [-0.05, 0) is 5.75 Å². The van der Waals surface area contributed by atoms with Gasteiger partial charge in [-0.1, -0.05) is 6.92 Å². The number of carbonyl (C=O) groups excluding carboxylic acids is 1. The van der Waals surface area contributed by atoms with Gasteiger partial charge < -0.3 is 10.0 Å². The Labute approximate surface area is 95.6 Å². The lowest BCUT2D eigenvalue weighted by molar-refractivity contribution is -0.135. The Balaban J connectivity index is 2.15. The van der Waals surface area contributed by atoms with Crippen LogP contribution in [0, 0.1) is 0 Å². The number of piperazine rings is 1. The smallest absolute Gasteiger partial charge is 0.248 e. The second-order valence-corrected chi connectivity index (χ2v) is 4.97. The molecule has 0 aromatic heterocycles. The molecule has 0 radical (unpaired) electrons. The number of carbonyl (C=O) groups is 1. The van der Waals surface area contributed by atoms with Crippen LogP contribution >= 0.6 is 11.8 Å². The van der Waals surface area contributed by atoms with Gasteiger partial charge >= 0.3 is 0 Å². The van der Waals surface area contributed by atoms with E-state index in [1.165, 1.54) is 11.5 Å². The largest absolute Gasteiger partial charge is 0.387 e. The standard InChI is InChI=1S/C10H20N2O2S/c1-2-15-8-7-11-3-5-12(6-4-11)10(14)9-13/h13H,2-9H2,1H3. The van der Waals surface area contributed by atoms with Crippen LogP contribution in [0.2, 0.25) is 0 Å². The summed E-state index contributed by atoms with van der Waals surface area (Å²) in [5.74, 6) is 2.20. The molecule has 0 bridgehead atoms. The maximum atomic E-state index is 11.2. The lowest BCUT2D eigenvalue weighted by Gasteiger charge is -2.34. The summed E-state index contributed by atoms with van der Waals surface area (Å²) in [6.45, 7) is 6.33. The number of amides is 1. The lowest BCUT2D eigenvalue weighted by atomic mass is 10.3. The molecule has 1 saturated heterocycles. The van der Waals surface area contributed by atoms with Gasteiger partial charge in [0.15, 0.2) is 0 Å². The Morgan fingerprint density at radius 3 is 2.53 bits per heavy atom. The van der Waals surface area contributed by atoms with Crippen molar-refractivity contribution >= 4 is 17.7 Å². The molecule has 1 N–H and O–H groups in total. The van der Waals surface area contributed by atoms with Crippen LogP contribution in [0.3, 0.4) is 0 Å². The van der Waals surface area contributed by atoms with E-state index in [-0.39, 0.29) is 12.5 Å². The number of aliphatic hydroxyl groups is 1. The number of rotatable bonds is 5. The van der Waals surface area contributed by atoms with Crippen LogP contribution in [0.5, 0.6) is 0 Å². The van der Waals surface area contributed by atoms with E-state index in [4.69, 9.17) is 5.11 Å². The van der Waals surface area contributed by atoms with Crippen molar-refractivity contribution in [3.63, 3.8) is 0 Å². The van der Waals surface area contributed by atoms with Crippen molar-refractivity contribution < 1.29 is 9.90 Å². The van der Waals surface area contributed by atoms with Crippen molar-refractivity contribution in [2.75, 3.05) is 50.8 Å². The fourth-order valence-corrected chi connectivity index (χ4v) is 2.33. The molecule has 0 unspecified atom stereocenters. The molecule has 0 saturated carbocycles. The van der Waals surface area contributed by atoms with Gasteiger partial charge in [0.05, 0.1) is 0 Å². The Morgan fingerprint density at radius 1 is 1.33 bits per heavy atom. The molecule has 1 fully saturated rings. The predicted molar refractivity (Wildman–Crippen MR) is 63.1 cm³/mol. The zero-order valence-corrected chi connectivity index (χ0v) is 10.1. The number of hydrogen-bond donors (Lipinski definition) is 1. The van der Waals surface area contributed by atoms with E-state index in [0.29, 0.717) is 0 Å². The maximum Gasteiger partial charge on any atom is 0.248 e. The zero-order chi connectivity index (χ0) is 11.1. The molecular formula is C10H20N2O2S. The SMILES string of the molecule is CCSCCN1CCN(C(=O)CO)CC1. The molecule has 1 heterocycles. The number of aliphatic hydroxyl groups excluding tert-OH is 1. The van der Waals surface area contributed by atoms with Crippen molar-refractivity contribution in [1.82, 2.24) is 9.80 Å². The first-order chi connectivity index (χ1) is 7.27. The third-order valence-corrected chi connectivity index (χ3v) is 3.50. The number of thioether (sulfide) groups is 1. The summed E-state index contributed by atoms with van der Waals surface area (Å²) >= 11 is 1.95. The summed E-state index contributed by atoms with van der Waals surface area (Å²) in [5.41, 5.74) is 0. The third-order valence-electron chi connectivity index (χ3n) is 2.62. The second-order valence-electron chi connectivity index (χ2n) is 3.58. The highest BCUT2D eigenvalue weighted by Crippen LogP contribution is 2.04. The Kier molecular flexibility index (Phi) is 6.05. The molecule has 4 nitrogen and oxygen atoms in total. The predicted octanol–water partition coefficient (Wildman–Crippen LogP) is -0.124. The van der Waals surface area contributed by atoms with Gasteiger partial charge in [-0.3, -0.25) is 9.69 Å². The molecule has 88 valence electrons. The second kappa shape index (κ2) is 7.09. The molecule has 1 amide bonds. The number of hydrogen-bond acceptors (Lipinski definition) is 4. The van der Waals surface area contributed by atoms with Crippen LogP contribution in [0.15, 0.2) is 0 Å². The molecule has 15 heavy (non-hydrogen) atoms. The van der Waals surface area contributed by atoms with E-state index in [1.807, 2.05) is 11.8 Å². The first-order valence-corrected chi connectivity index (χ1v) is 6.62. The van der Waals surface area contributed by atoms with Crippen molar-refractivity contribution in [1.29, 1.82) is 0 Å². The molecule has 0 aromatic rings. The van der Waals surface area contributed by atoms with E-state index in [1.54, 1.807) is 4.90 Å². The Morgan fingerprint density at radius 2 is 2.00 bits per heavy atom. The van der Waals surface area contributed by atoms with Gasteiger partial charge in [0.25, 0.3) is 0 Å².